The van der Waals surface area contributed by atoms with Crippen LogP contribution in [0.1, 0.15) is 22.3 Å². The topological polar surface area (TPSA) is 118 Å². The first kappa shape index (κ1) is 19.1. The molecule has 2 rings (SSSR count). The molecule has 4 N–H and O–H groups in total. The van der Waals surface area contributed by atoms with Crippen molar-refractivity contribution in [2.75, 3.05) is 0 Å². The number of hydrogen-bond acceptors (Lipinski definition) is 4. The Morgan fingerprint density at radius 3 is 2.24 bits per heavy atom. The van der Waals surface area contributed by atoms with Gasteiger partial charge in [0.05, 0.1) is 10.5 Å². The first-order valence-electron chi connectivity index (χ1n) is 7.23. The molecule has 132 valence electrons. The molecule has 2 aromatic carbocycles. The van der Waals surface area contributed by atoms with Gasteiger partial charge in [0.15, 0.2) is 0 Å². The Hall–Kier alpha value is -2.23. The second kappa shape index (κ2) is 8.24. The second-order valence-corrected chi connectivity index (χ2v) is 7.59. The fourth-order valence-electron chi connectivity index (χ4n) is 2.01. The van der Waals surface area contributed by atoms with Gasteiger partial charge in [-0.25, -0.2) is 13.6 Å². The van der Waals surface area contributed by atoms with Crippen LogP contribution in [0.2, 0.25) is 0 Å². The van der Waals surface area contributed by atoms with E-state index in [4.69, 9.17) is 5.14 Å². The number of carbonyl (C=O) groups excluding carboxylic acids is 2. The number of nitrogens with one attached hydrogen (secondary N) is 2. The summed E-state index contributed by atoms with van der Waals surface area (Å²) in [7, 11) is -3.73. The van der Waals surface area contributed by atoms with Crippen molar-refractivity contribution in [2.45, 2.75) is 17.7 Å². The maximum absolute atomic E-state index is 12.0. The molecule has 0 bridgehead atoms. The zero-order valence-electron chi connectivity index (χ0n) is 13.0. The van der Waals surface area contributed by atoms with Gasteiger partial charge in [-0.2, -0.15) is 0 Å². The van der Waals surface area contributed by atoms with Crippen LogP contribution in [0.4, 0.5) is 0 Å². The Bertz CT molecular complexity index is 883. The van der Waals surface area contributed by atoms with Crippen molar-refractivity contribution in [1.29, 1.82) is 0 Å². The van der Waals surface area contributed by atoms with Crippen molar-refractivity contribution in [2.24, 2.45) is 5.14 Å². The van der Waals surface area contributed by atoms with Gasteiger partial charge >= 0.3 is 0 Å². The molecule has 0 aliphatic carbocycles. The van der Waals surface area contributed by atoms with Gasteiger partial charge in [0.25, 0.3) is 5.91 Å². The third kappa shape index (κ3) is 5.66. The van der Waals surface area contributed by atoms with E-state index in [1.165, 1.54) is 12.1 Å². The second-order valence-electron chi connectivity index (χ2n) is 5.17. The molecule has 7 nitrogen and oxygen atoms in total. The van der Waals surface area contributed by atoms with Crippen LogP contribution < -0.4 is 16.0 Å². The smallest absolute Gasteiger partial charge is 0.270 e. The number of sulfonamides is 1. The third-order valence-electron chi connectivity index (χ3n) is 3.33. The molecule has 0 unspecified atom stereocenters. The largest absolute Gasteiger partial charge is 0.273 e. The van der Waals surface area contributed by atoms with Gasteiger partial charge in [0.2, 0.25) is 15.9 Å². The predicted octanol–water partition coefficient (Wildman–Crippen LogP) is 1.49. The molecule has 2 amide bonds. The molecular formula is C16H16BrN3O4S. The lowest BCUT2D eigenvalue weighted by molar-refractivity contribution is -0.121. The molecule has 0 saturated carbocycles. The van der Waals surface area contributed by atoms with Crippen LogP contribution in [0, 0.1) is 0 Å². The maximum Gasteiger partial charge on any atom is 0.270 e. The van der Waals surface area contributed by atoms with E-state index in [0.717, 1.165) is 5.56 Å². The van der Waals surface area contributed by atoms with E-state index in [0.29, 0.717) is 16.5 Å². The Morgan fingerprint density at radius 1 is 1.00 bits per heavy atom. The van der Waals surface area contributed by atoms with E-state index in [2.05, 4.69) is 26.8 Å². The quantitative estimate of drug-likeness (QED) is 0.628. The van der Waals surface area contributed by atoms with Gasteiger partial charge in [0, 0.05) is 10.9 Å². The fraction of sp³-hybridized carbons (Fsp3) is 0.125. The van der Waals surface area contributed by atoms with Gasteiger partial charge in [-0.3, -0.25) is 20.4 Å². The predicted molar refractivity (Wildman–Crippen MR) is 95.9 cm³/mol. The molecule has 9 heteroatoms. The summed E-state index contributed by atoms with van der Waals surface area (Å²) >= 11 is 3.26. The number of amides is 2. The number of nitrogens with two attached hydrogens (primary N) is 1. The molecule has 0 aromatic heterocycles. The molecule has 0 aliphatic heterocycles. The normalized spacial score (nSPS) is 11.0. The first-order valence-corrected chi connectivity index (χ1v) is 9.57. The lowest BCUT2D eigenvalue weighted by Gasteiger charge is -2.08. The van der Waals surface area contributed by atoms with E-state index in [1.807, 2.05) is 0 Å². The summed E-state index contributed by atoms with van der Waals surface area (Å²) in [6, 6.07) is 12.8. The zero-order valence-corrected chi connectivity index (χ0v) is 15.4. The Morgan fingerprint density at radius 2 is 1.64 bits per heavy atom. The van der Waals surface area contributed by atoms with Crippen molar-refractivity contribution in [3.8, 4) is 0 Å². The Labute approximate surface area is 153 Å². The minimum Gasteiger partial charge on any atom is -0.273 e. The van der Waals surface area contributed by atoms with Gasteiger partial charge in [-0.1, -0.05) is 24.3 Å². The highest BCUT2D eigenvalue weighted by atomic mass is 79.9. The lowest BCUT2D eigenvalue weighted by atomic mass is 10.1. The highest BCUT2D eigenvalue weighted by molar-refractivity contribution is 9.10. The number of primary sulfonamides is 1. The van der Waals surface area contributed by atoms with Crippen LogP contribution in [0.15, 0.2) is 57.9 Å². The van der Waals surface area contributed by atoms with Crippen LogP contribution in [-0.2, 0) is 21.2 Å². The summed E-state index contributed by atoms with van der Waals surface area (Å²) in [4.78, 5) is 23.8. The molecule has 0 heterocycles. The number of carbonyl (C=O) groups is 2. The molecule has 0 fully saturated rings. The van der Waals surface area contributed by atoms with Crippen LogP contribution in [0.25, 0.3) is 0 Å². The number of hydrazine groups is 1. The van der Waals surface area contributed by atoms with Crippen molar-refractivity contribution >= 4 is 37.8 Å². The van der Waals surface area contributed by atoms with Crippen molar-refractivity contribution in [3.05, 3.63) is 64.1 Å². The van der Waals surface area contributed by atoms with Crippen molar-refractivity contribution in [1.82, 2.24) is 10.9 Å². The summed E-state index contributed by atoms with van der Waals surface area (Å²) in [5.74, 6) is -0.797. The van der Waals surface area contributed by atoms with Crippen LogP contribution in [0.3, 0.4) is 0 Å². The Balaban J connectivity index is 1.83. The number of rotatable bonds is 5. The van der Waals surface area contributed by atoms with Crippen molar-refractivity contribution in [3.63, 3.8) is 0 Å². The van der Waals surface area contributed by atoms with Gasteiger partial charge in [0.1, 0.15) is 0 Å². The number of benzene rings is 2. The summed E-state index contributed by atoms with van der Waals surface area (Å²) < 4.78 is 23.0. The summed E-state index contributed by atoms with van der Waals surface area (Å²) in [6.07, 6.45) is 0.520. The van der Waals surface area contributed by atoms with E-state index in [-0.39, 0.29) is 17.2 Å². The third-order valence-corrected chi connectivity index (χ3v) is 4.95. The highest BCUT2D eigenvalue weighted by Gasteiger charge is 2.11. The molecule has 2 aromatic rings. The van der Waals surface area contributed by atoms with Crippen LogP contribution >= 0.6 is 15.9 Å². The Kier molecular flexibility index (Phi) is 6.29. The minimum absolute atomic E-state index is 0.0152. The summed E-state index contributed by atoms with van der Waals surface area (Å²) in [5.41, 5.74) is 5.86. The SMILES string of the molecule is NS(=O)(=O)c1ccc(CCC(=O)NNC(=O)c2ccccc2Br)cc1. The van der Waals surface area contributed by atoms with E-state index >= 15 is 0 Å². The standard InChI is InChI=1S/C16H16BrN3O4S/c17-14-4-2-1-3-13(14)16(22)20-19-15(21)10-7-11-5-8-12(9-6-11)25(18,23)24/h1-6,8-9H,7,10H2,(H,19,21)(H,20,22)(H2,18,23,24). The molecule has 0 radical (unpaired) electrons. The number of aryl methyl sites for hydroxylation is 1. The molecule has 0 atom stereocenters. The average molecular weight is 426 g/mol. The first-order chi connectivity index (χ1) is 11.8. The van der Waals surface area contributed by atoms with Crippen LogP contribution in [-0.4, -0.2) is 20.2 Å². The van der Waals surface area contributed by atoms with Gasteiger partial charge in [-0.15, -0.1) is 0 Å². The van der Waals surface area contributed by atoms with Crippen LogP contribution in [0.5, 0.6) is 0 Å². The monoisotopic (exact) mass is 425 g/mol. The lowest BCUT2D eigenvalue weighted by Crippen LogP contribution is -2.41. The van der Waals surface area contributed by atoms with E-state index in [9.17, 15) is 18.0 Å². The number of halogens is 1. The molecular weight excluding hydrogens is 410 g/mol. The fourth-order valence-corrected chi connectivity index (χ4v) is 2.99. The zero-order chi connectivity index (χ0) is 18.4. The number of hydrogen-bond donors (Lipinski definition) is 3. The summed E-state index contributed by atoms with van der Waals surface area (Å²) in [6.45, 7) is 0. The molecule has 25 heavy (non-hydrogen) atoms. The molecule has 0 saturated heterocycles. The van der Waals surface area contributed by atoms with E-state index < -0.39 is 15.9 Å². The van der Waals surface area contributed by atoms with Crippen molar-refractivity contribution < 1.29 is 18.0 Å². The average Bonchev–Trinajstić information content (AvgIpc) is 2.58. The van der Waals surface area contributed by atoms with E-state index in [1.54, 1.807) is 36.4 Å². The molecule has 0 spiro atoms. The maximum atomic E-state index is 12.0. The minimum atomic E-state index is -3.73. The van der Waals surface area contributed by atoms with Gasteiger partial charge in [-0.05, 0) is 52.2 Å². The molecule has 0 aliphatic rings. The summed E-state index contributed by atoms with van der Waals surface area (Å²) in [5, 5.41) is 5.02. The van der Waals surface area contributed by atoms with Gasteiger partial charge < -0.3 is 0 Å². The highest BCUT2D eigenvalue weighted by Crippen LogP contribution is 2.15.